The highest BCUT2D eigenvalue weighted by molar-refractivity contribution is 7.94. The lowest BCUT2D eigenvalue weighted by Gasteiger charge is -2.34. The summed E-state index contributed by atoms with van der Waals surface area (Å²) >= 11 is 0.618. The summed E-state index contributed by atoms with van der Waals surface area (Å²) in [5.41, 5.74) is 0.266. The zero-order chi connectivity index (χ0) is 19.8. The maximum absolute atomic E-state index is 13.0. The summed E-state index contributed by atoms with van der Waals surface area (Å²) in [5, 5.41) is 7.86. The van der Waals surface area contributed by atoms with E-state index in [1.54, 1.807) is 0 Å². The number of hydrogen-bond acceptors (Lipinski definition) is 8. The van der Waals surface area contributed by atoms with E-state index in [4.69, 9.17) is 9.88 Å². The molecule has 0 spiro atoms. The first-order valence-electron chi connectivity index (χ1n) is 8.33. The van der Waals surface area contributed by atoms with Crippen LogP contribution in [0.15, 0.2) is 14.5 Å². The van der Waals surface area contributed by atoms with Crippen LogP contribution in [-0.4, -0.2) is 77.9 Å². The highest BCUT2D eigenvalue weighted by Crippen LogP contribution is 2.39. The lowest BCUT2D eigenvalue weighted by Crippen LogP contribution is -2.48. The van der Waals surface area contributed by atoms with Gasteiger partial charge in [0.1, 0.15) is 8.42 Å². The average molecular weight is 439 g/mol. The lowest BCUT2D eigenvalue weighted by molar-refractivity contribution is -0.119. The van der Waals surface area contributed by atoms with Crippen LogP contribution in [0.1, 0.15) is 18.5 Å². The third-order valence-electron chi connectivity index (χ3n) is 4.47. The molecule has 0 saturated carbocycles. The zero-order valence-electron chi connectivity index (χ0n) is 14.8. The van der Waals surface area contributed by atoms with Gasteiger partial charge in [0.15, 0.2) is 0 Å². The molecule has 2 aliphatic heterocycles. The maximum Gasteiger partial charge on any atom is 0.253 e. The van der Waals surface area contributed by atoms with Gasteiger partial charge in [-0.25, -0.2) is 22.0 Å². The van der Waals surface area contributed by atoms with E-state index >= 15 is 0 Å². The molecule has 1 amide bonds. The van der Waals surface area contributed by atoms with Crippen LogP contribution in [0.5, 0.6) is 0 Å². The van der Waals surface area contributed by atoms with Crippen LogP contribution in [0.4, 0.5) is 0 Å². The Morgan fingerprint density at radius 2 is 2.04 bits per heavy atom. The van der Waals surface area contributed by atoms with Crippen LogP contribution in [0.3, 0.4) is 0 Å². The van der Waals surface area contributed by atoms with E-state index in [0.717, 1.165) is 13.1 Å². The fourth-order valence-corrected chi connectivity index (χ4v) is 7.39. The molecule has 3 rings (SSSR count). The van der Waals surface area contributed by atoms with Gasteiger partial charge in [0, 0.05) is 45.2 Å². The Morgan fingerprint density at radius 3 is 2.63 bits per heavy atom. The molecule has 3 heterocycles. The molecule has 0 bridgehead atoms. The fourth-order valence-electron chi connectivity index (χ4n) is 3.13. The van der Waals surface area contributed by atoms with Crippen molar-refractivity contribution in [3.8, 4) is 0 Å². The number of hydrogen-bond donors (Lipinski definition) is 2. The van der Waals surface area contributed by atoms with Crippen molar-refractivity contribution >= 4 is 37.3 Å². The highest BCUT2D eigenvalue weighted by atomic mass is 32.3. The SMILES string of the molecule is CC(=O)NC1CN(CCN2CCOCC2)S(=O)(=O)c2sc(S(N)(=O)=O)cc21. The van der Waals surface area contributed by atoms with Gasteiger partial charge in [0.25, 0.3) is 10.0 Å². The Balaban J connectivity index is 1.90. The number of morpholine rings is 1. The summed E-state index contributed by atoms with van der Waals surface area (Å²) in [6, 6.07) is 0.616. The summed E-state index contributed by atoms with van der Waals surface area (Å²) < 4.78 is 55.6. The van der Waals surface area contributed by atoms with E-state index in [-0.39, 0.29) is 33.0 Å². The van der Waals surface area contributed by atoms with Crippen molar-refractivity contribution in [1.82, 2.24) is 14.5 Å². The van der Waals surface area contributed by atoms with Gasteiger partial charge in [0.2, 0.25) is 15.9 Å². The normalized spacial score (nSPS) is 23.7. The Hall–Kier alpha value is -1.09. The van der Waals surface area contributed by atoms with Crippen molar-refractivity contribution in [2.45, 2.75) is 21.4 Å². The Bertz CT molecular complexity index is 921. The van der Waals surface area contributed by atoms with Crippen molar-refractivity contribution < 1.29 is 26.4 Å². The second kappa shape index (κ2) is 7.73. The van der Waals surface area contributed by atoms with Gasteiger partial charge < -0.3 is 10.1 Å². The van der Waals surface area contributed by atoms with Crippen molar-refractivity contribution in [1.29, 1.82) is 0 Å². The van der Waals surface area contributed by atoms with Crippen LogP contribution in [0.25, 0.3) is 0 Å². The number of primary sulfonamides is 1. The molecule has 1 aromatic rings. The molecule has 10 nitrogen and oxygen atoms in total. The molecular formula is C14H22N4O6S3. The smallest absolute Gasteiger partial charge is 0.253 e. The van der Waals surface area contributed by atoms with Crippen LogP contribution in [0.2, 0.25) is 0 Å². The lowest BCUT2D eigenvalue weighted by atomic mass is 10.1. The second-order valence-corrected chi connectivity index (χ2v) is 11.4. The number of nitrogens with two attached hydrogens (primary N) is 1. The van der Waals surface area contributed by atoms with E-state index in [0.29, 0.717) is 31.1 Å². The predicted molar refractivity (Wildman–Crippen MR) is 98.3 cm³/mol. The molecule has 0 aromatic carbocycles. The van der Waals surface area contributed by atoms with Crippen LogP contribution < -0.4 is 10.5 Å². The van der Waals surface area contributed by atoms with Gasteiger partial charge in [0.05, 0.1) is 19.3 Å². The monoisotopic (exact) mass is 438 g/mol. The molecule has 1 atom stereocenters. The standard InChI is InChI=1S/C14H22N4O6S3/c1-10(19)16-12-9-18(3-2-17-4-6-24-7-5-17)27(22,23)14-11(12)8-13(25-14)26(15,20)21/h8,12H,2-7,9H2,1H3,(H,16,19)(H2,15,20,21). The van der Waals surface area contributed by atoms with E-state index in [1.807, 2.05) is 0 Å². The van der Waals surface area contributed by atoms with Crippen LogP contribution >= 0.6 is 11.3 Å². The number of nitrogens with zero attached hydrogens (tertiary/aromatic N) is 2. The minimum absolute atomic E-state index is 0.0417. The third-order valence-corrected chi connectivity index (χ3v) is 9.43. The molecule has 1 saturated heterocycles. The molecular weight excluding hydrogens is 416 g/mol. The largest absolute Gasteiger partial charge is 0.379 e. The van der Waals surface area contributed by atoms with E-state index < -0.39 is 26.1 Å². The number of carbonyl (C=O) groups is 1. The first-order chi connectivity index (χ1) is 12.6. The summed E-state index contributed by atoms with van der Waals surface area (Å²) in [7, 11) is -7.91. The van der Waals surface area contributed by atoms with Crippen LogP contribution in [0, 0.1) is 0 Å². The second-order valence-electron chi connectivity index (χ2n) is 6.42. The molecule has 2 aliphatic rings. The first kappa shape index (κ1) is 20.6. The topological polar surface area (TPSA) is 139 Å². The Labute approximate surface area is 162 Å². The van der Waals surface area contributed by atoms with E-state index in [1.165, 1.54) is 17.3 Å². The van der Waals surface area contributed by atoms with Crippen molar-refractivity contribution in [3.05, 3.63) is 11.6 Å². The molecule has 0 aliphatic carbocycles. The summed E-state index contributed by atoms with van der Waals surface area (Å²) in [6.07, 6.45) is 0. The van der Waals surface area contributed by atoms with Gasteiger partial charge >= 0.3 is 0 Å². The Morgan fingerprint density at radius 1 is 1.37 bits per heavy atom. The molecule has 13 heteroatoms. The minimum Gasteiger partial charge on any atom is -0.379 e. The van der Waals surface area contributed by atoms with E-state index in [2.05, 4.69) is 10.2 Å². The molecule has 1 fully saturated rings. The van der Waals surface area contributed by atoms with E-state index in [9.17, 15) is 21.6 Å². The number of nitrogens with one attached hydrogen (secondary N) is 1. The third kappa shape index (κ3) is 4.50. The van der Waals surface area contributed by atoms with Crippen molar-refractivity contribution in [2.75, 3.05) is 45.9 Å². The highest BCUT2D eigenvalue weighted by Gasteiger charge is 2.40. The minimum atomic E-state index is -4.05. The fraction of sp³-hybridized carbons (Fsp3) is 0.643. The zero-order valence-corrected chi connectivity index (χ0v) is 17.2. The van der Waals surface area contributed by atoms with Gasteiger partial charge in [-0.2, -0.15) is 4.31 Å². The van der Waals surface area contributed by atoms with Crippen LogP contribution in [-0.2, 0) is 29.6 Å². The van der Waals surface area contributed by atoms with Gasteiger partial charge in [-0.3, -0.25) is 9.69 Å². The molecule has 0 radical (unpaired) electrons. The Kier molecular flexibility index (Phi) is 5.91. The first-order valence-corrected chi connectivity index (χ1v) is 12.1. The van der Waals surface area contributed by atoms with Crippen molar-refractivity contribution in [2.24, 2.45) is 5.14 Å². The summed E-state index contributed by atoms with van der Waals surface area (Å²) in [6.45, 7) is 4.79. The molecule has 1 unspecified atom stereocenters. The maximum atomic E-state index is 13.0. The number of fused-ring (bicyclic) bond motifs is 1. The number of sulfonamides is 2. The molecule has 27 heavy (non-hydrogen) atoms. The molecule has 152 valence electrons. The average Bonchev–Trinajstić information content (AvgIpc) is 3.04. The predicted octanol–water partition coefficient (Wildman–Crippen LogP) is -1.09. The number of amides is 1. The molecule has 1 aromatic heterocycles. The number of carbonyl (C=O) groups excluding carboxylic acids is 1. The number of thiophene rings is 1. The van der Waals surface area contributed by atoms with Gasteiger partial charge in [-0.1, -0.05) is 0 Å². The van der Waals surface area contributed by atoms with Crippen molar-refractivity contribution in [3.63, 3.8) is 0 Å². The van der Waals surface area contributed by atoms with Gasteiger partial charge in [-0.15, -0.1) is 11.3 Å². The molecule has 3 N–H and O–H groups in total. The number of rotatable bonds is 5. The number of ether oxygens (including phenoxy) is 1. The quantitative estimate of drug-likeness (QED) is 0.595. The van der Waals surface area contributed by atoms with Gasteiger partial charge in [-0.05, 0) is 6.07 Å². The summed E-state index contributed by atoms with van der Waals surface area (Å²) in [4.78, 5) is 13.7. The summed E-state index contributed by atoms with van der Waals surface area (Å²) in [5.74, 6) is -0.332.